The lowest BCUT2D eigenvalue weighted by Gasteiger charge is -2.36. The molecule has 3 amide bonds. The van der Waals surface area contributed by atoms with Gasteiger partial charge >= 0.3 is 0 Å². The molecule has 5 atom stereocenters. The minimum Gasteiger partial charge on any atom is -0.292 e. The quantitative estimate of drug-likeness (QED) is 0.217. The molecule has 9 heteroatoms. The van der Waals surface area contributed by atoms with Gasteiger partial charge in [0.2, 0.25) is 0 Å². The summed E-state index contributed by atoms with van der Waals surface area (Å²) >= 11 is 18.0. The summed E-state index contributed by atoms with van der Waals surface area (Å²) in [5, 5.41) is 2.80. The van der Waals surface area contributed by atoms with Crippen molar-refractivity contribution >= 4 is 58.3 Å². The number of ketones is 1. The van der Waals surface area contributed by atoms with Crippen LogP contribution in [0, 0.1) is 23.7 Å². The summed E-state index contributed by atoms with van der Waals surface area (Å²) in [6.45, 7) is 0. The number of halogens is 3. The summed E-state index contributed by atoms with van der Waals surface area (Å²) < 4.78 is 0. The number of Topliss-reactive ketones (excluding diaryl/α,β-unsaturated/α-hetero) is 1. The second-order valence-electron chi connectivity index (χ2n) is 9.01. The molecule has 1 heterocycles. The molecular formula is C26H21Cl3N2O4. The van der Waals surface area contributed by atoms with E-state index in [0.717, 1.165) is 16.4 Å². The van der Waals surface area contributed by atoms with E-state index in [4.69, 9.17) is 34.8 Å². The van der Waals surface area contributed by atoms with E-state index in [1.807, 2.05) is 12.2 Å². The number of benzene rings is 2. The van der Waals surface area contributed by atoms with Gasteiger partial charge in [-0.2, -0.15) is 5.01 Å². The highest BCUT2D eigenvalue weighted by molar-refractivity contribution is 6.31. The van der Waals surface area contributed by atoms with Crippen LogP contribution in [0.2, 0.25) is 10.0 Å². The molecule has 1 saturated carbocycles. The average Bonchev–Trinajstić information content (AvgIpc) is 3.54. The summed E-state index contributed by atoms with van der Waals surface area (Å²) in [6.07, 6.45) is 4.74. The van der Waals surface area contributed by atoms with Gasteiger partial charge in [-0.05, 0) is 73.2 Å². The molecule has 0 N–H and O–H groups in total. The Morgan fingerprint density at radius 3 is 1.83 bits per heavy atom. The van der Waals surface area contributed by atoms with E-state index in [1.165, 1.54) is 24.3 Å². The lowest BCUT2D eigenvalue weighted by molar-refractivity contribution is -0.157. The zero-order valence-corrected chi connectivity index (χ0v) is 20.7. The fourth-order valence-corrected chi connectivity index (χ4v) is 5.93. The number of carbonyl (C=O) groups excluding carboxylic acids is 4. The van der Waals surface area contributed by atoms with E-state index in [0.29, 0.717) is 15.6 Å². The Morgan fingerprint density at radius 2 is 1.34 bits per heavy atom. The number of hydrazine groups is 1. The van der Waals surface area contributed by atoms with Gasteiger partial charge in [0, 0.05) is 27.1 Å². The minimum absolute atomic E-state index is 0.0320. The number of imide groups is 1. The molecule has 5 rings (SSSR count). The number of amides is 3. The van der Waals surface area contributed by atoms with Crippen molar-refractivity contribution in [3.8, 4) is 0 Å². The molecule has 1 aliphatic heterocycles. The highest BCUT2D eigenvalue weighted by atomic mass is 35.5. The Kier molecular flexibility index (Phi) is 6.47. The van der Waals surface area contributed by atoms with Gasteiger partial charge in [-0.3, -0.25) is 19.2 Å². The zero-order valence-electron chi connectivity index (χ0n) is 18.4. The Bertz CT molecular complexity index is 1200. The van der Waals surface area contributed by atoms with Gasteiger partial charge in [0.05, 0.1) is 11.8 Å². The van der Waals surface area contributed by atoms with Gasteiger partial charge in [-0.1, -0.05) is 35.4 Å². The predicted octanol–water partition coefficient (Wildman–Crippen LogP) is 5.04. The molecule has 180 valence electrons. The van der Waals surface area contributed by atoms with E-state index in [1.54, 1.807) is 24.3 Å². The second-order valence-corrected chi connectivity index (χ2v) is 10.3. The van der Waals surface area contributed by atoms with Crippen LogP contribution >= 0.6 is 34.8 Å². The molecule has 2 aromatic rings. The van der Waals surface area contributed by atoms with E-state index in [-0.39, 0.29) is 29.7 Å². The first kappa shape index (κ1) is 24.0. The monoisotopic (exact) mass is 530 g/mol. The van der Waals surface area contributed by atoms with Crippen molar-refractivity contribution in [2.24, 2.45) is 23.7 Å². The van der Waals surface area contributed by atoms with Gasteiger partial charge < -0.3 is 0 Å². The summed E-state index contributed by atoms with van der Waals surface area (Å²) in [5.41, 5.74) is 0.482. The van der Waals surface area contributed by atoms with E-state index < -0.39 is 41.4 Å². The molecule has 2 aromatic carbocycles. The molecule has 0 spiro atoms. The maximum Gasteiger partial charge on any atom is 0.273 e. The van der Waals surface area contributed by atoms with Crippen molar-refractivity contribution in [1.82, 2.24) is 10.0 Å². The van der Waals surface area contributed by atoms with Crippen molar-refractivity contribution < 1.29 is 19.2 Å². The zero-order chi connectivity index (χ0) is 24.9. The first-order valence-corrected chi connectivity index (χ1v) is 12.6. The fourth-order valence-electron chi connectivity index (χ4n) is 5.47. The summed E-state index contributed by atoms with van der Waals surface area (Å²) in [4.78, 5) is 54.8. The van der Waals surface area contributed by atoms with Crippen LogP contribution in [0.3, 0.4) is 0 Å². The van der Waals surface area contributed by atoms with Crippen molar-refractivity contribution in [1.29, 1.82) is 0 Å². The molecule has 1 saturated heterocycles. The number of alkyl halides is 1. The van der Waals surface area contributed by atoms with Gasteiger partial charge in [-0.25, -0.2) is 5.01 Å². The molecular weight excluding hydrogens is 511 g/mol. The van der Waals surface area contributed by atoms with Gasteiger partial charge in [0.25, 0.3) is 17.7 Å². The Morgan fingerprint density at radius 1 is 0.857 bits per heavy atom. The third-order valence-corrected chi connectivity index (χ3v) is 7.79. The van der Waals surface area contributed by atoms with E-state index in [2.05, 4.69) is 0 Å². The molecule has 0 unspecified atom stereocenters. The van der Waals surface area contributed by atoms with Crippen molar-refractivity contribution in [2.75, 3.05) is 5.88 Å². The van der Waals surface area contributed by atoms with Crippen LogP contribution in [0.5, 0.6) is 0 Å². The SMILES string of the molecule is O=C(c1ccc(Cl)cc1)[C@H](CCCl)N(C(=O)c1ccc(Cl)cc1)N1C(=O)[C@@H]2[C@@H](C1=O)[C@H]1C=C[C@H]2C1. The lowest BCUT2D eigenvalue weighted by Crippen LogP contribution is -2.58. The van der Waals surface area contributed by atoms with Gasteiger partial charge in [0.15, 0.2) is 5.78 Å². The van der Waals surface area contributed by atoms with Crippen LogP contribution < -0.4 is 0 Å². The van der Waals surface area contributed by atoms with Crippen molar-refractivity contribution in [3.05, 3.63) is 81.9 Å². The number of rotatable bonds is 7. The number of carbonyl (C=O) groups is 4. The highest BCUT2D eigenvalue weighted by Gasteiger charge is 2.62. The average molecular weight is 532 g/mol. The van der Waals surface area contributed by atoms with Gasteiger partial charge in [0.1, 0.15) is 6.04 Å². The molecule has 6 nitrogen and oxygen atoms in total. The fraction of sp³-hybridized carbons (Fsp3) is 0.308. The maximum absolute atomic E-state index is 13.8. The van der Waals surface area contributed by atoms with Crippen LogP contribution in [0.25, 0.3) is 0 Å². The van der Waals surface area contributed by atoms with Gasteiger partial charge in [-0.15, -0.1) is 11.6 Å². The summed E-state index contributed by atoms with van der Waals surface area (Å²) in [5.74, 6) is -3.12. The molecule has 0 aromatic heterocycles. The standard InChI is InChI=1S/C26H21Cl3N2O4/c27-12-11-20(23(32)14-3-7-18(28)8-4-14)30(24(33)15-5-9-19(29)10-6-15)31-25(34)21-16-1-2-17(13-16)22(21)26(31)35/h1-10,16-17,20-22H,11-13H2/t16-,17-,20-,21-,22-/m0/s1. The second kappa shape index (κ2) is 9.41. The Labute approximate surface area is 217 Å². The summed E-state index contributed by atoms with van der Waals surface area (Å²) in [6, 6.07) is 11.1. The predicted molar refractivity (Wildman–Crippen MR) is 132 cm³/mol. The first-order chi connectivity index (χ1) is 16.8. The van der Waals surface area contributed by atoms with E-state index >= 15 is 0 Å². The number of hydrogen-bond donors (Lipinski definition) is 0. The largest absolute Gasteiger partial charge is 0.292 e. The normalized spacial score (nSPS) is 25.2. The topological polar surface area (TPSA) is 74.8 Å². The molecule has 35 heavy (non-hydrogen) atoms. The summed E-state index contributed by atoms with van der Waals surface area (Å²) in [7, 11) is 0. The highest BCUT2D eigenvalue weighted by Crippen LogP contribution is 2.53. The molecule has 3 aliphatic rings. The van der Waals surface area contributed by atoms with Crippen molar-refractivity contribution in [3.63, 3.8) is 0 Å². The number of allylic oxidation sites excluding steroid dienone is 2. The van der Waals surface area contributed by atoms with Crippen LogP contribution in [0.1, 0.15) is 33.6 Å². The van der Waals surface area contributed by atoms with Crippen LogP contribution in [0.4, 0.5) is 0 Å². The number of fused-ring (bicyclic) bond motifs is 5. The van der Waals surface area contributed by atoms with Crippen LogP contribution in [-0.2, 0) is 9.59 Å². The third-order valence-electron chi connectivity index (χ3n) is 7.07. The van der Waals surface area contributed by atoms with E-state index in [9.17, 15) is 19.2 Å². The maximum atomic E-state index is 13.8. The molecule has 2 aliphatic carbocycles. The molecule has 2 bridgehead atoms. The van der Waals surface area contributed by atoms with Crippen LogP contribution in [0.15, 0.2) is 60.7 Å². The number of nitrogens with zero attached hydrogens (tertiary/aromatic N) is 2. The lowest BCUT2D eigenvalue weighted by atomic mass is 9.85. The first-order valence-electron chi connectivity index (χ1n) is 11.3. The Balaban J connectivity index is 1.59. The van der Waals surface area contributed by atoms with Crippen LogP contribution in [-0.4, -0.2) is 45.4 Å². The third kappa shape index (κ3) is 4.07. The molecule has 2 fully saturated rings. The smallest absolute Gasteiger partial charge is 0.273 e. The molecule has 0 radical (unpaired) electrons. The Hall–Kier alpha value is -2.67. The number of hydrogen-bond acceptors (Lipinski definition) is 4. The minimum atomic E-state index is -1.17. The van der Waals surface area contributed by atoms with Crippen molar-refractivity contribution in [2.45, 2.75) is 18.9 Å².